The number of aliphatic hydroxyl groups excluding tert-OH is 1. The summed E-state index contributed by atoms with van der Waals surface area (Å²) < 4.78 is 2.32. The lowest BCUT2D eigenvalue weighted by atomic mass is 10.2. The van der Waals surface area contributed by atoms with Crippen LogP contribution in [0, 0.1) is 0 Å². The molecule has 2 heterocycles. The fraction of sp³-hybridized carbons (Fsp3) is 1.00. The zero-order chi connectivity index (χ0) is 7.84. The van der Waals surface area contributed by atoms with Gasteiger partial charge in [-0.3, -0.25) is 4.90 Å². The van der Waals surface area contributed by atoms with Gasteiger partial charge in [-0.05, 0) is 12.8 Å². The van der Waals surface area contributed by atoms with Gasteiger partial charge in [-0.2, -0.15) is 0 Å². The number of aliphatic hydroxyl groups is 1. The first-order valence-electron chi connectivity index (χ1n) is 4.12. The topological polar surface area (TPSA) is 26.7 Å². The molecule has 2 aliphatic rings. The molecule has 2 fully saturated rings. The van der Waals surface area contributed by atoms with Crippen LogP contribution in [-0.2, 0) is 0 Å². The molecule has 3 nitrogen and oxygen atoms in total. The summed E-state index contributed by atoms with van der Waals surface area (Å²) in [5.74, 6) is 0. The van der Waals surface area contributed by atoms with E-state index in [2.05, 4.69) is 30.9 Å². The highest BCUT2D eigenvalue weighted by atomic mass is 127. The molecule has 2 aliphatic heterocycles. The highest BCUT2D eigenvalue weighted by Gasteiger charge is 2.35. The summed E-state index contributed by atoms with van der Waals surface area (Å²) in [7, 11) is 0. The molecule has 11 heavy (non-hydrogen) atoms. The van der Waals surface area contributed by atoms with E-state index in [0.717, 1.165) is 26.1 Å². The van der Waals surface area contributed by atoms with Gasteiger partial charge in [0.1, 0.15) is 6.23 Å². The lowest BCUT2D eigenvalue weighted by molar-refractivity contribution is -0.000394. The Kier molecular flexibility index (Phi) is 2.36. The van der Waals surface area contributed by atoms with Crippen LogP contribution in [0.5, 0.6) is 0 Å². The number of rotatable bonds is 0. The van der Waals surface area contributed by atoms with Crippen LogP contribution in [0.4, 0.5) is 0 Å². The molecular weight excluding hydrogens is 255 g/mol. The maximum Gasteiger partial charge on any atom is 0.107 e. The van der Waals surface area contributed by atoms with E-state index in [1.165, 1.54) is 6.42 Å². The Balaban J connectivity index is 2.00. The summed E-state index contributed by atoms with van der Waals surface area (Å²) in [6.45, 7) is 3.25. The van der Waals surface area contributed by atoms with Gasteiger partial charge in [0.25, 0.3) is 0 Å². The minimum Gasteiger partial charge on any atom is -0.378 e. The average Bonchev–Trinajstić information content (AvgIpc) is 2.32. The lowest BCUT2D eigenvalue weighted by Gasteiger charge is -2.35. The summed E-state index contributed by atoms with van der Waals surface area (Å²) in [4.78, 5) is 2.23. The Morgan fingerprint density at radius 1 is 1.27 bits per heavy atom. The molecule has 2 saturated heterocycles. The molecule has 2 atom stereocenters. The van der Waals surface area contributed by atoms with Gasteiger partial charge in [-0.15, -0.1) is 0 Å². The number of fused-ring (bicyclic) bond motifs is 1. The second kappa shape index (κ2) is 3.16. The minimum absolute atomic E-state index is 0.148. The van der Waals surface area contributed by atoms with Gasteiger partial charge in [-0.25, -0.2) is 3.11 Å². The number of nitrogens with zero attached hydrogens (tertiary/aromatic N) is 2. The second-order valence-corrected chi connectivity index (χ2v) is 4.68. The van der Waals surface area contributed by atoms with Crippen LogP contribution >= 0.6 is 22.9 Å². The van der Waals surface area contributed by atoms with Crippen LogP contribution in [0.25, 0.3) is 0 Å². The Morgan fingerprint density at radius 2 is 2.09 bits per heavy atom. The van der Waals surface area contributed by atoms with E-state index in [4.69, 9.17) is 0 Å². The van der Waals surface area contributed by atoms with Crippen molar-refractivity contribution in [3.8, 4) is 0 Å². The van der Waals surface area contributed by atoms with E-state index < -0.39 is 0 Å². The van der Waals surface area contributed by atoms with Crippen LogP contribution in [0.3, 0.4) is 0 Å². The molecule has 0 aromatic carbocycles. The first-order valence-corrected chi connectivity index (χ1v) is 5.08. The zero-order valence-electron chi connectivity index (χ0n) is 6.41. The quantitative estimate of drug-likeness (QED) is 0.510. The van der Waals surface area contributed by atoms with Crippen molar-refractivity contribution in [3.05, 3.63) is 0 Å². The Labute approximate surface area is 80.8 Å². The van der Waals surface area contributed by atoms with E-state index in [0.29, 0.717) is 6.04 Å². The molecule has 0 saturated carbocycles. The number of piperazine rings is 1. The van der Waals surface area contributed by atoms with Crippen LogP contribution in [-0.4, -0.2) is 45.0 Å². The molecule has 0 spiro atoms. The number of hydrogen-bond donors (Lipinski definition) is 1. The zero-order valence-corrected chi connectivity index (χ0v) is 8.57. The van der Waals surface area contributed by atoms with E-state index in [-0.39, 0.29) is 6.23 Å². The fourth-order valence-corrected chi connectivity index (χ4v) is 2.66. The first kappa shape index (κ1) is 8.22. The summed E-state index contributed by atoms with van der Waals surface area (Å²) in [5, 5.41) is 9.52. The SMILES string of the molecule is OC1CCC2CN(I)CCN12. The molecule has 2 rings (SSSR count). The normalized spacial score (nSPS) is 40.9. The maximum atomic E-state index is 9.52. The van der Waals surface area contributed by atoms with Gasteiger partial charge in [0.05, 0.1) is 0 Å². The van der Waals surface area contributed by atoms with Gasteiger partial charge in [0, 0.05) is 48.5 Å². The predicted molar refractivity (Wildman–Crippen MR) is 51.3 cm³/mol. The van der Waals surface area contributed by atoms with Crippen molar-refractivity contribution >= 4 is 22.9 Å². The van der Waals surface area contributed by atoms with E-state index >= 15 is 0 Å². The summed E-state index contributed by atoms with van der Waals surface area (Å²) in [6.07, 6.45) is 1.99. The Bertz CT molecular complexity index is 155. The molecule has 0 aromatic heterocycles. The van der Waals surface area contributed by atoms with Gasteiger partial charge >= 0.3 is 0 Å². The van der Waals surface area contributed by atoms with Gasteiger partial charge in [0.15, 0.2) is 0 Å². The number of halogens is 1. The fourth-order valence-electron chi connectivity index (χ4n) is 1.99. The van der Waals surface area contributed by atoms with Gasteiger partial charge in [0.2, 0.25) is 0 Å². The maximum absolute atomic E-state index is 9.52. The van der Waals surface area contributed by atoms with Crippen molar-refractivity contribution < 1.29 is 5.11 Å². The smallest absolute Gasteiger partial charge is 0.107 e. The number of hydrogen-bond acceptors (Lipinski definition) is 3. The molecule has 4 heteroatoms. The Hall–Kier alpha value is 0.610. The third-order valence-corrected chi connectivity index (χ3v) is 3.50. The molecule has 0 bridgehead atoms. The predicted octanol–water partition coefficient (Wildman–Crippen LogP) is 0.435. The Morgan fingerprint density at radius 3 is 2.91 bits per heavy atom. The summed E-state index contributed by atoms with van der Waals surface area (Å²) in [5.41, 5.74) is 0. The monoisotopic (exact) mass is 268 g/mol. The summed E-state index contributed by atoms with van der Waals surface area (Å²) >= 11 is 2.37. The summed E-state index contributed by atoms with van der Waals surface area (Å²) in [6, 6.07) is 0.621. The van der Waals surface area contributed by atoms with Crippen LogP contribution in [0.1, 0.15) is 12.8 Å². The van der Waals surface area contributed by atoms with Crippen LogP contribution < -0.4 is 0 Å². The molecule has 64 valence electrons. The third kappa shape index (κ3) is 1.54. The van der Waals surface area contributed by atoms with Crippen molar-refractivity contribution in [2.45, 2.75) is 25.1 Å². The van der Waals surface area contributed by atoms with E-state index in [1.807, 2.05) is 0 Å². The average molecular weight is 268 g/mol. The van der Waals surface area contributed by atoms with E-state index in [9.17, 15) is 5.11 Å². The first-order chi connectivity index (χ1) is 5.27. The lowest BCUT2D eigenvalue weighted by Crippen LogP contribution is -2.49. The molecule has 2 unspecified atom stereocenters. The van der Waals surface area contributed by atoms with Crippen molar-refractivity contribution in [2.24, 2.45) is 0 Å². The highest BCUT2D eigenvalue weighted by Crippen LogP contribution is 2.26. The van der Waals surface area contributed by atoms with Crippen molar-refractivity contribution in [1.82, 2.24) is 8.01 Å². The van der Waals surface area contributed by atoms with Crippen molar-refractivity contribution in [2.75, 3.05) is 19.6 Å². The third-order valence-electron chi connectivity index (χ3n) is 2.62. The molecule has 0 aliphatic carbocycles. The van der Waals surface area contributed by atoms with Crippen molar-refractivity contribution in [3.63, 3.8) is 0 Å². The van der Waals surface area contributed by atoms with E-state index in [1.54, 1.807) is 0 Å². The molecule has 0 aromatic rings. The molecule has 0 amide bonds. The second-order valence-electron chi connectivity index (χ2n) is 3.32. The molecule has 1 N–H and O–H groups in total. The highest BCUT2D eigenvalue weighted by molar-refractivity contribution is 14.1. The van der Waals surface area contributed by atoms with Crippen LogP contribution in [0.2, 0.25) is 0 Å². The van der Waals surface area contributed by atoms with Crippen LogP contribution in [0.15, 0.2) is 0 Å². The standard InChI is InChI=1S/C7H13IN2O/c8-9-3-4-10-6(5-9)1-2-7(10)11/h6-7,11H,1-5H2. The van der Waals surface area contributed by atoms with Crippen molar-refractivity contribution in [1.29, 1.82) is 0 Å². The van der Waals surface area contributed by atoms with Gasteiger partial charge in [-0.1, -0.05) is 0 Å². The van der Waals surface area contributed by atoms with Gasteiger partial charge < -0.3 is 5.11 Å². The molecular formula is C7H13IN2O. The minimum atomic E-state index is -0.148. The molecule has 0 radical (unpaired) electrons. The largest absolute Gasteiger partial charge is 0.378 e.